The van der Waals surface area contributed by atoms with Gasteiger partial charge in [-0.1, -0.05) is 77.9 Å². The molecule has 4 aromatic rings. The molecule has 0 fully saturated rings. The lowest BCUT2D eigenvalue weighted by Gasteiger charge is -2.25. The Morgan fingerprint density at radius 3 is 2.08 bits per heavy atom. The summed E-state index contributed by atoms with van der Waals surface area (Å²) in [4.78, 5) is 17.9. The Hall–Kier alpha value is -4.20. The van der Waals surface area contributed by atoms with Crippen molar-refractivity contribution >= 4 is 5.97 Å². The zero-order valence-electron chi connectivity index (χ0n) is 23.1. The van der Waals surface area contributed by atoms with Crippen LogP contribution in [0.3, 0.4) is 0 Å². The fourth-order valence-corrected chi connectivity index (χ4v) is 4.51. The summed E-state index contributed by atoms with van der Waals surface area (Å²) in [6.45, 7) is 6.58. The third kappa shape index (κ3) is 8.66. The van der Waals surface area contributed by atoms with Crippen LogP contribution in [0.2, 0.25) is 0 Å². The molecule has 0 aliphatic heterocycles. The molecule has 1 atom stereocenters. The topological polar surface area (TPSA) is 97.9 Å². The summed E-state index contributed by atoms with van der Waals surface area (Å²) in [5.74, 6) is 0.482. The summed E-state index contributed by atoms with van der Waals surface area (Å²) in [5, 5.41) is 9.37. The molecule has 0 radical (unpaired) electrons. The molecule has 40 heavy (non-hydrogen) atoms. The molecule has 208 valence electrons. The van der Waals surface area contributed by atoms with Crippen molar-refractivity contribution < 1.29 is 19.4 Å². The molecule has 0 saturated heterocycles. The van der Waals surface area contributed by atoms with Crippen LogP contribution in [0, 0.1) is 13.8 Å². The smallest absolute Gasteiger partial charge is 0.320 e. The van der Waals surface area contributed by atoms with E-state index in [2.05, 4.69) is 54.1 Å². The van der Waals surface area contributed by atoms with Gasteiger partial charge in [-0.25, -0.2) is 0 Å². The summed E-state index contributed by atoms with van der Waals surface area (Å²) in [6, 6.07) is 25.4. The fraction of sp³-hybridized carbons (Fsp3) is 0.273. The summed E-state index contributed by atoms with van der Waals surface area (Å²) in [7, 11) is 0. The zero-order valence-corrected chi connectivity index (χ0v) is 23.1. The summed E-state index contributed by atoms with van der Waals surface area (Å²) < 4.78 is 12.4. The molecule has 1 heterocycles. The number of carboxylic acid groups (broad SMARTS) is 1. The zero-order chi connectivity index (χ0) is 28.3. The Kier molecular flexibility index (Phi) is 10.3. The standard InChI is InChI=1S/C33H37N3O4/c1-24-7-5-9-26(17-24)22-39-31-12-4-3-11-28(31)20-36(16-14-30(34)33(37)38)21-29-13-15-35-19-32(29)40-23-27-10-6-8-25(2)18-27/h3-13,15,17-19,30H,14,16,20-23,34H2,1-2H3,(H,37,38)/t30-/m0/s1. The number of rotatable bonds is 14. The second kappa shape index (κ2) is 14.3. The van der Waals surface area contributed by atoms with E-state index >= 15 is 0 Å². The maximum atomic E-state index is 11.4. The number of hydrogen-bond donors (Lipinski definition) is 2. The number of hydrogen-bond acceptors (Lipinski definition) is 6. The van der Waals surface area contributed by atoms with Gasteiger partial charge in [0.2, 0.25) is 0 Å². The minimum atomic E-state index is -1.01. The highest BCUT2D eigenvalue weighted by Gasteiger charge is 2.18. The SMILES string of the molecule is Cc1cccc(COc2ccccc2CN(CC[C@H](N)C(=O)O)Cc2ccncc2OCc2cccc(C)c2)c1. The lowest BCUT2D eigenvalue weighted by molar-refractivity contribution is -0.138. The van der Waals surface area contributed by atoms with Gasteiger partial charge in [0.25, 0.3) is 0 Å². The van der Waals surface area contributed by atoms with Crippen molar-refractivity contribution in [1.82, 2.24) is 9.88 Å². The fourth-order valence-electron chi connectivity index (χ4n) is 4.51. The molecule has 0 unspecified atom stereocenters. The maximum absolute atomic E-state index is 11.4. The molecule has 0 aliphatic carbocycles. The van der Waals surface area contributed by atoms with Crippen LogP contribution in [0.1, 0.15) is 39.8 Å². The Morgan fingerprint density at radius 1 is 0.850 bits per heavy atom. The van der Waals surface area contributed by atoms with Gasteiger partial charge in [-0.15, -0.1) is 0 Å². The molecule has 7 heteroatoms. The summed E-state index contributed by atoms with van der Waals surface area (Å²) in [6.07, 6.45) is 3.78. The molecule has 0 spiro atoms. The molecule has 4 rings (SSSR count). The Balaban J connectivity index is 1.51. The van der Waals surface area contributed by atoms with Crippen LogP contribution in [0.15, 0.2) is 91.3 Å². The molecule has 0 aliphatic rings. The normalized spacial score (nSPS) is 11.8. The molecular weight excluding hydrogens is 502 g/mol. The van der Waals surface area contributed by atoms with Crippen LogP contribution >= 0.6 is 0 Å². The van der Waals surface area contributed by atoms with E-state index in [-0.39, 0.29) is 0 Å². The number of aryl methyl sites for hydroxylation is 2. The number of carbonyl (C=O) groups is 1. The number of benzene rings is 3. The van der Waals surface area contributed by atoms with Crippen LogP contribution in [0.4, 0.5) is 0 Å². The lowest BCUT2D eigenvalue weighted by atomic mass is 10.1. The highest BCUT2D eigenvalue weighted by atomic mass is 16.5. The van der Waals surface area contributed by atoms with E-state index in [9.17, 15) is 9.90 Å². The van der Waals surface area contributed by atoms with Crippen molar-refractivity contribution in [3.05, 3.63) is 125 Å². The second-order valence-electron chi connectivity index (χ2n) is 10.1. The van der Waals surface area contributed by atoms with E-state index in [4.69, 9.17) is 15.2 Å². The van der Waals surface area contributed by atoms with Crippen LogP contribution in [0.5, 0.6) is 11.5 Å². The number of aromatic nitrogens is 1. The quantitative estimate of drug-likeness (QED) is 0.213. The second-order valence-corrected chi connectivity index (χ2v) is 10.1. The van der Waals surface area contributed by atoms with Gasteiger partial charge in [-0.05, 0) is 43.5 Å². The van der Waals surface area contributed by atoms with Gasteiger partial charge >= 0.3 is 5.97 Å². The highest BCUT2D eigenvalue weighted by molar-refractivity contribution is 5.73. The van der Waals surface area contributed by atoms with E-state index in [1.165, 1.54) is 11.1 Å². The van der Waals surface area contributed by atoms with Gasteiger partial charge in [-0.3, -0.25) is 14.7 Å². The number of nitrogens with two attached hydrogens (primary N) is 1. The van der Waals surface area contributed by atoms with Gasteiger partial charge < -0.3 is 20.3 Å². The number of para-hydroxylation sites is 1. The molecule has 0 bridgehead atoms. The minimum Gasteiger partial charge on any atom is -0.489 e. The molecule has 7 nitrogen and oxygen atoms in total. The third-order valence-electron chi connectivity index (χ3n) is 6.66. The van der Waals surface area contributed by atoms with Crippen LogP contribution in [-0.2, 0) is 31.1 Å². The van der Waals surface area contributed by atoms with Crippen molar-refractivity contribution in [2.45, 2.75) is 52.6 Å². The van der Waals surface area contributed by atoms with Gasteiger partial charge in [0.05, 0.1) is 6.20 Å². The highest BCUT2D eigenvalue weighted by Crippen LogP contribution is 2.25. The Bertz CT molecular complexity index is 1310. The Labute approximate surface area is 236 Å². The average Bonchev–Trinajstić information content (AvgIpc) is 2.95. The number of aliphatic carboxylic acids is 1. The van der Waals surface area contributed by atoms with Crippen molar-refractivity contribution in [2.75, 3.05) is 6.54 Å². The first-order valence-corrected chi connectivity index (χ1v) is 13.5. The van der Waals surface area contributed by atoms with Crippen molar-refractivity contribution in [3.63, 3.8) is 0 Å². The van der Waals surface area contributed by atoms with Gasteiger partial charge in [-0.2, -0.15) is 0 Å². The van der Waals surface area contributed by atoms with Crippen molar-refractivity contribution in [1.29, 1.82) is 0 Å². The molecule has 3 aromatic carbocycles. The number of ether oxygens (including phenoxy) is 2. The number of carboxylic acids is 1. The lowest BCUT2D eigenvalue weighted by Crippen LogP contribution is -2.35. The monoisotopic (exact) mass is 539 g/mol. The number of nitrogens with zero attached hydrogens (tertiary/aromatic N) is 2. The van der Waals surface area contributed by atoms with E-state index in [0.717, 1.165) is 28.0 Å². The van der Waals surface area contributed by atoms with Gasteiger partial charge in [0.1, 0.15) is 30.8 Å². The van der Waals surface area contributed by atoms with Crippen molar-refractivity contribution in [2.24, 2.45) is 5.73 Å². The van der Waals surface area contributed by atoms with E-state index in [1.54, 1.807) is 12.4 Å². The molecular formula is C33H37N3O4. The first-order chi connectivity index (χ1) is 19.4. The molecule has 3 N–H and O–H groups in total. The predicted molar refractivity (Wildman–Crippen MR) is 156 cm³/mol. The van der Waals surface area contributed by atoms with E-state index < -0.39 is 12.0 Å². The van der Waals surface area contributed by atoms with Crippen LogP contribution in [-0.4, -0.2) is 33.5 Å². The van der Waals surface area contributed by atoms with E-state index in [1.807, 2.05) is 48.5 Å². The van der Waals surface area contributed by atoms with Gasteiger partial charge in [0, 0.05) is 37.0 Å². The first kappa shape index (κ1) is 28.8. The molecule has 1 aromatic heterocycles. The Morgan fingerprint density at radius 2 is 1.45 bits per heavy atom. The average molecular weight is 540 g/mol. The van der Waals surface area contributed by atoms with Gasteiger partial charge in [0.15, 0.2) is 0 Å². The molecule has 0 amide bonds. The van der Waals surface area contributed by atoms with Crippen LogP contribution < -0.4 is 15.2 Å². The minimum absolute atomic E-state index is 0.312. The largest absolute Gasteiger partial charge is 0.489 e. The van der Waals surface area contributed by atoms with E-state index in [0.29, 0.717) is 45.0 Å². The number of pyridine rings is 1. The molecule has 0 saturated carbocycles. The maximum Gasteiger partial charge on any atom is 0.320 e. The van der Waals surface area contributed by atoms with Crippen molar-refractivity contribution in [3.8, 4) is 11.5 Å². The first-order valence-electron chi connectivity index (χ1n) is 13.5. The third-order valence-corrected chi connectivity index (χ3v) is 6.66. The summed E-state index contributed by atoms with van der Waals surface area (Å²) in [5.41, 5.74) is 12.4. The summed E-state index contributed by atoms with van der Waals surface area (Å²) >= 11 is 0. The predicted octanol–water partition coefficient (Wildman–Crippen LogP) is 5.66. The van der Waals surface area contributed by atoms with Crippen LogP contribution in [0.25, 0.3) is 0 Å².